The van der Waals surface area contributed by atoms with Crippen LogP contribution in [0.5, 0.6) is 0 Å². The first-order valence-corrected chi connectivity index (χ1v) is 8.61. The van der Waals surface area contributed by atoms with Crippen LogP contribution >= 0.6 is 12.2 Å². The molecule has 0 bridgehead atoms. The minimum Gasteiger partial charge on any atom is -0.481 e. The van der Waals surface area contributed by atoms with E-state index < -0.39 is 23.7 Å². The number of carboxylic acids is 1. The Morgan fingerprint density at radius 1 is 1.25 bits per heavy atom. The minimum atomic E-state index is -1.04. The Morgan fingerprint density at radius 2 is 1.83 bits per heavy atom. The number of nitrogens with two attached hydrogens (primary N) is 1. The molecular weight excluding hydrogens is 324 g/mol. The molecular formula is C18H26N2O3S. The van der Waals surface area contributed by atoms with Crippen LogP contribution in [0.25, 0.3) is 0 Å². The zero-order chi connectivity index (χ0) is 18.3. The lowest BCUT2D eigenvalue weighted by molar-refractivity contribution is -0.145. The number of para-hydroxylation sites is 1. The van der Waals surface area contributed by atoms with Gasteiger partial charge in [-0.15, -0.1) is 0 Å². The molecule has 3 N–H and O–H groups in total. The summed E-state index contributed by atoms with van der Waals surface area (Å²) < 4.78 is 0. The Hall–Kier alpha value is -1.95. The van der Waals surface area contributed by atoms with E-state index in [2.05, 4.69) is 0 Å². The van der Waals surface area contributed by atoms with Crippen LogP contribution in [0.2, 0.25) is 0 Å². The van der Waals surface area contributed by atoms with Crippen molar-refractivity contribution in [3.8, 4) is 0 Å². The van der Waals surface area contributed by atoms with Crippen molar-refractivity contribution in [3.05, 3.63) is 30.3 Å². The number of rotatable bonds is 9. The summed E-state index contributed by atoms with van der Waals surface area (Å²) in [5.74, 6) is -2.99. The molecule has 0 spiro atoms. The predicted octanol–water partition coefficient (Wildman–Crippen LogP) is 3.08. The number of nitrogens with zero attached hydrogens (tertiary/aromatic N) is 1. The van der Waals surface area contributed by atoms with Gasteiger partial charge in [-0.05, 0) is 25.0 Å². The maximum absolute atomic E-state index is 11.8. The van der Waals surface area contributed by atoms with Crippen LogP contribution in [0, 0.1) is 17.8 Å². The summed E-state index contributed by atoms with van der Waals surface area (Å²) in [5.41, 5.74) is 6.19. The molecule has 3 atom stereocenters. The summed E-state index contributed by atoms with van der Waals surface area (Å²) >= 11 is 5.68. The number of amides is 1. The third-order valence-electron chi connectivity index (χ3n) is 4.36. The number of aliphatic carboxylic acids is 1. The van der Waals surface area contributed by atoms with Gasteiger partial charge in [0.1, 0.15) is 0 Å². The molecule has 0 saturated carbocycles. The molecule has 0 saturated heterocycles. The Labute approximate surface area is 148 Å². The van der Waals surface area contributed by atoms with Gasteiger partial charge in [-0.25, -0.2) is 0 Å². The number of hydrogen-bond acceptors (Lipinski definition) is 3. The normalized spacial score (nSPS) is 14.5. The third kappa shape index (κ3) is 5.03. The average molecular weight is 350 g/mol. The van der Waals surface area contributed by atoms with Crippen molar-refractivity contribution in [1.29, 1.82) is 0 Å². The van der Waals surface area contributed by atoms with Gasteiger partial charge in [0, 0.05) is 24.6 Å². The SMILES string of the molecule is CCC(C)C(C(=S)N(CC)c1ccccc1)C(CC(N)=O)C(=O)O. The summed E-state index contributed by atoms with van der Waals surface area (Å²) in [5, 5.41) is 9.62. The Balaban J connectivity index is 3.24. The number of benzene rings is 1. The zero-order valence-electron chi connectivity index (χ0n) is 14.4. The Morgan fingerprint density at radius 3 is 2.25 bits per heavy atom. The second-order valence-electron chi connectivity index (χ2n) is 5.94. The Bertz CT molecular complexity index is 577. The zero-order valence-corrected chi connectivity index (χ0v) is 15.3. The van der Waals surface area contributed by atoms with Crippen LogP contribution in [0.4, 0.5) is 5.69 Å². The molecule has 0 aromatic heterocycles. The van der Waals surface area contributed by atoms with Gasteiger partial charge >= 0.3 is 5.97 Å². The van der Waals surface area contributed by atoms with E-state index in [-0.39, 0.29) is 12.3 Å². The molecule has 1 amide bonds. The van der Waals surface area contributed by atoms with E-state index in [0.717, 1.165) is 12.1 Å². The van der Waals surface area contributed by atoms with Gasteiger partial charge in [0.2, 0.25) is 5.91 Å². The van der Waals surface area contributed by atoms with E-state index >= 15 is 0 Å². The molecule has 132 valence electrons. The summed E-state index contributed by atoms with van der Waals surface area (Å²) in [6.45, 7) is 6.55. The van der Waals surface area contributed by atoms with Gasteiger partial charge in [0.15, 0.2) is 0 Å². The maximum Gasteiger partial charge on any atom is 0.307 e. The lowest BCUT2D eigenvalue weighted by Crippen LogP contribution is -2.44. The number of carbonyl (C=O) groups excluding carboxylic acids is 1. The van der Waals surface area contributed by atoms with E-state index in [0.29, 0.717) is 11.5 Å². The highest BCUT2D eigenvalue weighted by molar-refractivity contribution is 7.80. The van der Waals surface area contributed by atoms with Gasteiger partial charge in [0.05, 0.1) is 10.9 Å². The maximum atomic E-state index is 11.8. The molecule has 6 heteroatoms. The van der Waals surface area contributed by atoms with Crippen LogP contribution in [0.15, 0.2) is 30.3 Å². The highest BCUT2D eigenvalue weighted by atomic mass is 32.1. The predicted molar refractivity (Wildman–Crippen MR) is 99.9 cm³/mol. The van der Waals surface area contributed by atoms with Gasteiger partial charge < -0.3 is 15.7 Å². The van der Waals surface area contributed by atoms with Crippen molar-refractivity contribution < 1.29 is 14.7 Å². The molecule has 0 aliphatic carbocycles. The van der Waals surface area contributed by atoms with E-state index in [4.69, 9.17) is 18.0 Å². The molecule has 0 heterocycles. The standard InChI is InChI=1S/C18H26N2O3S/c1-4-12(3)16(14(18(22)23)11-15(19)21)17(24)20(5-2)13-9-7-6-8-10-13/h6-10,12,14,16H,4-5,11H2,1-3H3,(H2,19,21)(H,22,23). The fourth-order valence-corrected chi connectivity index (χ4v) is 3.54. The highest BCUT2D eigenvalue weighted by Crippen LogP contribution is 2.31. The van der Waals surface area contributed by atoms with Crippen molar-refractivity contribution in [2.24, 2.45) is 23.5 Å². The summed E-state index contributed by atoms with van der Waals surface area (Å²) in [6, 6.07) is 9.62. The van der Waals surface area contributed by atoms with Crippen LogP contribution in [-0.2, 0) is 9.59 Å². The van der Waals surface area contributed by atoms with Crippen molar-refractivity contribution in [1.82, 2.24) is 0 Å². The smallest absolute Gasteiger partial charge is 0.307 e. The van der Waals surface area contributed by atoms with Gasteiger partial charge in [0.25, 0.3) is 0 Å². The number of thiocarbonyl (C=S) groups is 1. The van der Waals surface area contributed by atoms with Gasteiger partial charge in [-0.1, -0.05) is 50.7 Å². The molecule has 0 aliphatic rings. The highest BCUT2D eigenvalue weighted by Gasteiger charge is 2.37. The van der Waals surface area contributed by atoms with Gasteiger partial charge in [-0.2, -0.15) is 0 Å². The second kappa shape index (κ2) is 9.37. The average Bonchev–Trinajstić information content (AvgIpc) is 2.55. The lowest BCUT2D eigenvalue weighted by atomic mass is 9.78. The minimum absolute atomic E-state index is 0.0238. The lowest BCUT2D eigenvalue weighted by Gasteiger charge is -2.35. The van der Waals surface area contributed by atoms with Crippen molar-refractivity contribution in [2.45, 2.75) is 33.6 Å². The van der Waals surface area contributed by atoms with E-state index in [1.165, 1.54) is 0 Å². The first-order chi connectivity index (χ1) is 11.3. The number of carbonyl (C=O) groups is 2. The monoisotopic (exact) mass is 350 g/mol. The molecule has 1 aromatic rings. The molecule has 1 rings (SSSR count). The summed E-state index contributed by atoms with van der Waals surface area (Å²) in [6.07, 6.45) is 0.552. The molecule has 0 radical (unpaired) electrons. The Kier molecular flexibility index (Phi) is 7.85. The van der Waals surface area contributed by atoms with Crippen molar-refractivity contribution in [3.63, 3.8) is 0 Å². The van der Waals surface area contributed by atoms with Crippen LogP contribution in [0.3, 0.4) is 0 Å². The quantitative estimate of drug-likeness (QED) is 0.669. The fraction of sp³-hybridized carbons (Fsp3) is 0.500. The number of anilines is 1. The number of primary amides is 1. The van der Waals surface area contributed by atoms with E-state index in [1.54, 1.807) is 0 Å². The number of carboxylic acid groups (broad SMARTS) is 1. The molecule has 0 fully saturated rings. The number of hydrogen-bond donors (Lipinski definition) is 2. The molecule has 0 aliphatic heterocycles. The van der Waals surface area contributed by atoms with Crippen LogP contribution < -0.4 is 10.6 Å². The van der Waals surface area contributed by atoms with Gasteiger partial charge in [-0.3, -0.25) is 9.59 Å². The summed E-state index contributed by atoms with van der Waals surface area (Å²) in [4.78, 5) is 25.6. The molecule has 1 aromatic carbocycles. The molecule has 3 unspecified atom stereocenters. The molecule has 24 heavy (non-hydrogen) atoms. The fourth-order valence-electron chi connectivity index (χ4n) is 2.90. The molecule has 5 nitrogen and oxygen atoms in total. The van der Waals surface area contributed by atoms with Crippen molar-refractivity contribution >= 4 is 34.8 Å². The first-order valence-electron chi connectivity index (χ1n) is 8.20. The third-order valence-corrected chi connectivity index (χ3v) is 4.86. The summed E-state index contributed by atoms with van der Waals surface area (Å²) in [7, 11) is 0. The van der Waals surface area contributed by atoms with Crippen LogP contribution in [0.1, 0.15) is 33.6 Å². The van der Waals surface area contributed by atoms with Crippen molar-refractivity contribution in [2.75, 3.05) is 11.4 Å². The first kappa shape index (κ1) is 20.1. The van der Waals surface area contributed by atoms with E-state index in [9.17, 15) is 14.7 Å². The topological polar surface area (TPSA) is 83.6 Å². The second-order valence-corrected chi connectivity index (χ2v) is 6.36. The van der Waals surface area contributed by atoms with Crippen LogP contribution in [-0.4, -0.2) is 28.5 Å². The van der Waals surface area contributed by atoms with E-state index in [1.807, 2.05) is 56.0 Å². The largest absolute Gasteiger partial charge is 0.481 e.